The van der Waals surface area contributed by atoms with Crippen molar-refractivity contribution >= 4 is 0 Å². The second kappa shape index (κ2) is 6.16. The maximum Gasteiger partial charge on any atom is 0.127 e. The first-order valence-electron chi connectivity index (χ1n) is 6.47. The summed E-state index contributed by atoms with van der Waals surface area (Å²) < 4.78 is 18.8. The molecule has 100 valence electrons. The van der Waals surface area contributed by atoms with Gasteiger partial charge in [-0.15, -0.1) is 0 Å². The summed E-state index contributed by atoms with van der Waals surface area (Å²) in [4.78, 5) is 0. The molecule has 1 aliphatic rings. The van der Waals surface area contributed by atoms with Gasteiger partial charge in [0.2, 0.25) is 0 Å². The van der Waals surface area contributed by atoms with Gasteiger partial charge in [0.15, 0.2) is 0 Å². The summed E-state index contributed by atoms with van der Waals surface area (Å²) in [5.41, 5.74) is 0.897. The fraction of sp³-hybridized carbons (Fsp3) is 0.571. The van der Waals surface area contributed by atoms with Gasteiger partial charge in [0.05, 0.1) is 12.7 Å². The third kappa shape index (κ3) is 4.63. The minimum atomic E-state index is -0.394. The Hall–Kier alpha value is -1.13. The zero-order valence-corrected chi connectivity index (χ0v) is 10.7. The monoisotopic (exact) mass is 253 g/mol. The first-order chi connectivity index (χ1) is 8.63. The van der Waals surface area contributed by atoms with Gasteiger partial charge in [0, 0.05) is 25.1 Å². The molecule has 0 amide bonds. The molecule has 1 saturated carbocycles. The average Bonchev–Trinajstić information content (AvgIpc) is 3.09. The van der Waals surface area contributed by atoms with E-state index in [9.17, 15) is 4.39 Å². The smallest absolute Gasteiger partial charge is 0.127 e. The van der Waals surface area contributed by atoms with Crippen molar-refractivity contribution < 1.29 is 14.2 Å². The van der Waals surface area contributed by atoms with E-state index in [2.05, 4.69) is 5.32 Å². The first-order valence-corrected chi connectivity index (χ1v) is 6.47. The molecule has 1 aliphatic carbocycles. The quantitative estimate of drug-likeness (QED) is 0.783. The van der Waals surface area contributed by atoms with Crippen LogP contribution in [0.25, 0.3) is 0 Å². The second-order valence-electron chi connectivity index (χ2n) is 4.94. The standard InChI is InChI=1S/C14H20FNO2/c1-10(17)4-5-18-14-7-11(6-12(15)8-14)9-16-13-2-3-13/h6-8,10,13,16-17H,2-5,9H2,1H3. The highest BCUT2D eigenvalue weighted by Crippen LogP contribution is 2.21. The fourth-order valence-electron chi connectivity index (χ4n) is 1.70. The van der Waals surface area contributed by atoms with Crippen LogP contribution in [0.5, 0.6) is 5.75 Å². The lowest BCUT2D eigenvalue weighted by atomic mass is 10.2. The molecule has 1 unspecified atom stereocenters. The number of aliphatic hydroxyl groups is 1. The van der Waals surface area contributed by atoms with E-state index in [1.165, 1.54) is 25.0 Å². The molecule has 1 aromatic rings. The van der Waals surface area contributed by atoms with Gasteiger partial charge in [-0.25, -0.2) is 4.39 Å². The number of hydrogen-bond acceptors (Lipinski definition) is 3. The molecule has 0 radical (unpaired) electrons. The number of rotatable bonds is 7. The number of halogens is 1. The molecule has 0 heterocycles. The first kappa shape index (κ1) is 13.3. The molecule has 4 heteroatoms. The lowest BCUT2D eigenvalue weighted by molar-refractivity contribution is 0.155. The summed E-state index contributed by atoms with van der Waals surface area (Å²) in [6.45, 7) is 2.78. The van der Waals surface area contributed by atoms with Gasteiger partial charge in [0.1, 0.15) is 11.6 Å². The highest BCUT2D eigenvalue weighted by atomic mass is 19.1. The van der Waals surface area contributed by atoms with Gasteiger partial charge in [-0.05, 0) is 37.5 Å². The third-order valence-electron chi connectivity index (χ3n) is 2.91. The number of hydrogen-bond donors (Lipinski definition) is 2. The fourth-order valence-corrected chi connectivity index (χ4v) is 1.70. The maximum atomic E-state index is 13.4. The van der Waals surface area contributed by atoms with Crippen molar-refractivity contribution in [3.8, 4) is 5.75 Å². The SMILES string of the molecule is CC(O)CCOc1cc(F)cc(CNC2CC2)c1. The molecule has 18 heavy (non-hydrogen) atoms. The minimum Gasteiger partial charge on any atom is -0.493 e. The predicted octanol–water partition coefficient (Wildman–Crippen LogP) is 2.23. The Morgan fingerprint density at radius 1 is 1.44 bits per heavy atom. The zero-order chi connectivity index (χ0) is 13.0. The predicted molar refractivity (Wildman–Crippen MR) is 68.1 cm³/mol. The van der Waals surface area contributed by atoms with E-state index >= 15 is 0 Å². The van der Waals surface area contributed by atoms with Crippen molar-refractivity contribution in [1.29, 1.82) is 0 Å². The molecular formula is C14H20FNO2. The van der Waals surface area contributed by atoms with E-state index in [-0.39, 0.29) is 5.82 Å². The van der Waals surface area contributed by atoms with Crippen LogP contribution in [0.3, 0.4) is 0 Å². The largest absolute Gasteiger partial charge is 0.493 e. The Morgan fingerprint density at radius 2 is 2.22 bits per heavy atom. The van der Waals surface area contributed by atoms with Crippen LogP contribution >= 0.6 is 0 Å². The van der Waals surface area contributed by atoms with Crippen LogP contribution in [-0.2, 0) is 6.54 Å². The second-order valence-corrected chi connectivity index (χ2v) is 4.94. The molecule has 0 saturated heterocycles. The molecule has 0 aromatic heterocycles. The third-order valence-corrected chi connectivity index (χ3v) is 2.91. The van der Waals surface area contributed by atoms with Crippen LogP contribution in [0, 0.1) is 5.82 Å². The van der Waals surface area contributed by atoms with E-state index in [1.807, 2.05) is 6.07 Å². The molecule has 0 bridgehead atoms. The molecule has 1 fully saturated rings. The van der Waals surface area contributed by atoms with Gasteiger partial charge in [-0.3, -0.25) is 0 Å². The van der Waals surface area contributed by atoms with Crippen LogP contribution in [0.1, 0.15) is 31.7 Å². The van der Waals surface area contributed by atoms with Crippen molar-refractivity contribution in [3.63, 3.8) is 0 Å². The van der Waals surface area contributed by atoms with Gasteiger partial charge >= 0.3 is 0 Å². The molecule has 0 spiro atoms. The molecule has 0 aliphatic heterocycles. The van der Waals surface area contributed by atoms with Crippen LogP contribution in [0.15, 0.2) is 18.2 Å². The Labute approximate surface area is 107 Å². The van der Waals surface area contributed by atoms with E-state index in [1.54, 1.807) is 6.92 Å². The molecule has 1 atom stereocenters. The Balaban J connectivity index is 1.87. The van der Waals surface area contributed by atoms with Crippen molar-refractivity contribution in [1.82, 2.24) is 5.32 Å². The minimum absolute atomic E-state index is 0.280. The van der Waals surface area contributed by atoms with E-state index in [0.29, 0.717) is 31.4 Å². The number of ether oxygens (including phenoxy) is 1. The number of benzene rings is 1. The Kier molecular flexibility index (Phi) is 4.55. The van der Waals surface area contributed by atoms with Gasteiger partial charge < -0.3 is 15.2 Å². The van der Waals surface area contributed by atoms with Crippen LogP contribution in [-0.4, -0.2) is 23.9 Å². The van der Waals surface area contributed by atoms with E-state index < -0.39 is 6.10 Å². The molecule has 2 rings (SSSR count). The summed E-state index contributed by atoms with van der Waals surface area (Å²) in [5.74, 6) is 0.250. The van der Waals surface area contributed by atoms with Crippen LogP contribution in [0.2, 0.25) is 0 Å². The summed E-state index contributed by atoms with van der Waals surface area (Å²) in [6.07, 6.45) is 2.58. The average molecular weight is 253 g/mol. The highest BCUT2D eigenvalue weighted by Gasteiger charge is 2.20. The maximum absolute atomic E-state index is 13.4. The Bertz CT molecular complexity index is 391. The van der Waals surface area contributed by atoms with E-state index in [0.717, 1.165) is 5.56 Å². The molecule has 1 aromatic carbocycles. The van der Waals surface area contributed by atoms with Crippen LogP contribution in [0.4, 0.5) is 4.39 Å². The van der Waals surface area contributed by atoms with Crippen LogP contribution < -0.4 is 10.1 Å². The molecular weight excluding hydrogens is 233 g/mol. The number of aliphatic hydroxyl groups excluding tert-OH is 1. The molecule has 2 N–H and O–H groups in total. The van der Waals surface area contributed by atoms with Crippen molar-refractivity contribution in [2.45, 2.75) is 44.9 Å². The lowest BCUT2D eigenvalue weighted by Crippen LogP contribution is -2.15. The van der Waals surface area contributed by atoms with Gasteiger partial charge in [-0.2, -0.15) is 0 Å². The molecule has 3 nitrogen and oxygen atoms in total. The van der Waals surface area contributed by atoms with Crippen molar-refractivity contribution in [2.24, 2.45) is 0 Å². The zero-order valence-electron chi connectivity index (χ0n) is 10.7. The van der Waals surface area contributed by atoms with E-state index in [4.69, 9.17) is 9.84 Å². The lowest BCUT2D eigenvalue weighted by Gasteiger charge is -2.10. The summed E-state index contributed by atoms with van der Waals surface area (Å²) in [6, 6.07) is 5.35. The van der Waals surface area contributed by atoms with Crippen molar-refractivity contribution in [2.75, 3.05) is 6.61 Å². The number of nitrogens with one attached hydrogen (secondary N) is 1. The summed E-state index contributed by atoms with van der Waals surface area (Å²) in [5, 5.41) is 12.5. The normalized spacial score (nSPS) is 16.6. The van der Waals surface area contributed by atoms with Gasteiger partial charge in [-0.1, -0.05) is 0 Å². The van der Waals surface area contributed by atoms with Crippen molar-refractivity contribution in [3.05, 3.63) is 29.6 Å². The topological polar surface area (TPSA) is 41.5 Å². The summed E-state index contributed by atoms with van der Waals surface area (Å²) in [7, 11) is 0. The summed E-state index contributed by atoms with van der Waals surface area (Å²) >= 11 is 0. The van der Waals surface area contributed by atoms with Gasteiger partial charge in [0.25, 0.3) is 0 Å². The Morgan fingerprint density at radius 3 is 2.89 bits per heavy atom. The highest BCUT2D eigenvalue weighted by molar-refractivity contribution is 5.29.